The lowest BCUT2D eigenvalue weighted by Gasteiger charge is -2.17. The van der Waals surface area contributed by atoms with Crippen molar-refractivity contribution in [1.82, 2.24) is 13.7 Å². The molecule has 0 unspecified atom stereocenters. The van der Waals surface area contributed by atoms with E-state index in [1.165, 1.54) is 112 Å². The Balaban J connectivity index is 0.993. The molecule has 3 nitrogen and oxygen atoms in total. The van der Waals surface area contributed by atoms with Crippen LogP contribution in [0.4, 0.5) is 0 Å². The van der Waals surface area contributed by atoms with Gasteiger partial charge in [0.1, 0.15) is 0 Å². The summed E-state index contributed by atoms with van der Waals surface area (Å²) in [5.74, 6) is 0. The first kappa shape index (κ1) is 32.2. The Kier molecular flexibility index (Phi) is 7.18. The van der Waals surface area contributed by atoms with Crippen LogP contribution in [-0.2, 0) is 12.8 Å². The van der Waals surface area contributed by atoms with Crippen molar-refractivity contribution < 1.29 is 0 Å². The van der Waals surface area contributed by atoms with E-state index in [2.05, 4.69) is 202 Å². The molecule has 12 rings (SSSR count). The topological polar surface area (TPSA) is 14.8 Å². The zero-order valence-electron chi connectivity index (χ0n) is 31.6. The van der Waals surface area contributed by atoms with Gasteiger partial charge in [-0.25, -0.2) is 0 Å². The second-order valence-corrected chi connectivity index (χ2v) is 15.6. The van der Waals surface area contributed by atoms with Crippen molar-refractivity contribution in [3.8, 4) is 39.3 Å². The number of rotatable bonds is 5. The third-order valence-corrected chi connectivity index (χ3v) is 12.5. The molecule has 270 valence electrons. The Hall–Kier alpha value is -7.10. The summed E-state index contributed by atoms with van der Waals surface area (Å²) in [5, 5.41) is 6.45. The van der Waals surface area contributed by atoms with Gasteiger partial charge in [0.05, 0.1) is 27.6 Å². The molecule has 3 aromatic heterocycles. The van der Waals surface area contributed by atoms with Crippen LogP contribution >= 0.6 is 0 Å². The Morgan fingerprint density at radius 2 is 0.737 bits per heavy atom. The number of para-hydroxylation sites is 3. The summed E-state index contributed by atoms with van der Waals surface area (Å²) in [5.41, 5.74) is 17.6. The molecule has 8 aromatic carbocycles. The van der Waals surface area contributed by atoms with Crippen LogP contribution in [-0.4, -0.2) is 13.7 Å². The Labute approximate surface area is 331 Å². The molecule has 3 heteroatoms. The van der Waals surface area contributed by atoms with Crippen molar-refractivity contribution in [2.45, 2.75) is 25.7 Å². The average molecular weight is 730 g/mol. The highest BCUT2D eigenvalue weighted by molar-refractivity contribution is 6.12. The minimum absolute atomic E-state index is 1.12. The van der Waals surface area contributed by atoms with Gasteiger partial charge in [0.15, 0.2) is 0 Å². The van der Waals surface area contributed by atoms with Crippen LogP contribution in [0, 0.1) is 0 Å². The van der Waals surface area contributed by atoms with E-state index in [1.54, 1.807) is 0 Å². The van der Waals surface area contributed by atoms with Crippen LogP contribution in [0.5, 0.6) is 0 Å². The number of hydrogen-bond donors (Lipinski definition) is 0. The number of fused-ring (bicyclic) bond motifs is 9. The van der Waals surface area contributed by atoms with Crippen molar-refractivity contribution >= 4 is 54.5 Å². The molecule has 57 heavy (non-hydrogen) atoms. The smallest absolute Gasteiger partial charge is 0.0561 e. The summed E-state index contributed by atoms with van der Waals surface area (Å²) in [6.45, 7) is 0. The van der Waals surface area contributed by atoms with Gasteiger partial charge in [0.25, 0.3) is 0 Å². The van der Waals surface area contributed by atoms with Crippen molar-refractivity contribution in [2.24, 2.45) is 0 Å². The van der Waals surface area contributed by atoms with E-state index in [9.17, 15) is 0 Å². The largest absolute Gasteiger partial charge is 0.313 e. The van der Waals surface area contributed by atoms with Gasteiger partial charge in [-0.1, -0.05) is 127 Å². The molecule has 0 saturated carbocycles. The maximum atomic E-state index is 2.55. The molecule has 0 radical (unpaired) electrons. The van der Waals surface area contributed by atoms with Gasteiger partial charge in [-0.05, 0) is 114 Å². The molecule has 11 aromatic rings. The van der Waals surface area contributed by atoms with Gasteiger partial charge >= 0.3 is 0 Å². The fourth-order valence-electron chi connectivity index (χ4n) is 9.83. The lowest BCUT2D eigenvalue weighted by molar-refractivity contribution is 0.667. The number of nitrogens with zero attached hydrogens (tertiary/aromatic N) is 3. The lowest BCUT2D eigenvalue weighted by atomic mass is 9.95. The molecule has 0 aliphatic heterocycles. The van der Waals surface area contributed by atoms with Crippen LogP contribution in [0.15, 0.2) is 188 Å². The fraction of sp³-hybridized carbons (Fsp3) is 0.0741. The molecule has 1 aliphatic carbocycles. The summed E-state index contributed by atoms with van der Waals surface area (Å²) in [4.78, 5) is 0. The molecular weight excluding hydrogens is 691 g/mol. The molecule has 3 heterocycles. The van der Waals surface area contributed by atoms with E-state index in [-0.39, 0.29) is 0 Å². The van der Waals surface area contributed by atoms with Gasteiger partial charge in [0, 0.05) is 49.7 Å². The summed E-state index contributed by atoms with van der Waals surface area (Å²) < 4.78 is 7.45. The molecule has 1 aliphatic rings. The van der Waals surface area contributed by atoms with E-state index in [0.29, 0.717) is 0 Å². The van der Waals surface area contributed by atoms with Crippen LogP contribution in [0.2, 0.25) is 0 Å². The van der Waals surface area contributed by atoms with E-state index < -0.39 is 0 Å². The van der Waals surface area contributed by atoms with Crippen molar-refractivity contribution in [1.29, 1.82) is 0 Å². The molecule has 0 bridgehead atoms. The Morgan fingerprint density at radius 1 is 0.281 bits per heavy atom. The van der Waals surface area contributed by atoms with Gasteiger partial charge < -0.3 is 13.7 Å². The molecule has 0 fully saturated rings. The van der Waals surface area contributed by atoms with E-state index in [4.69, 9.17) is 0 Å². The molecule has 0 amide bonds. The Bertz CT molecular complexity index is 3320. The van der Waals surface area contributed by atoms with Crippen molar-refractivity contribution in [3.05, 3.63) is 199 Å². The normalized spacial score (nSPS) is 13.0. The SMILES string of the molecule is c1ccc(-c2ccc(-c3ccc(-n4c5ccccc5c5cc(-n6c7ccccc7c7ccc(-n8c9c(c%10ccccc%108)CCCC9)cc76)ccc54)cc3)cc2)cc1. The molecule has 0 atom stereocenters. The molecular formula is C54H39N3. The first-order valence-corrected chi connectivity index (χ1v) is 20.2. The highest BCUT2D eigenvalue weighted by atomic mass is 15.0. The maximum absolute atomic E-state index is 2.55. The highest BCUT2D eigenvalue weighted by Gasteiger charge is 2.22. The summed E-state index contributed by atoms with van der Waals surface area (Å²) in [6.07, 6.45) is 4.79. The van der Waals surface area contributed by atoms with Gasteiger partial charge in [-0.3, -0.25) is 0 Å². The Morgan fingerprint density at radius 3 is 1.44 bits per heavy atom. The first-order chi connectivity index (χ1) is 28.3. The lowest BCUT2D eigenvalue weighted by Crippen LogP contribution is -2.07. The number of benzene rings is 8. The standard InChI is InChI=1S/C54H39N3/c1-2-12-36(13-3-1)37-22-24-38(25-23-37)39-26-28-40(29-27-39)55-52-21-11-7-17-46(52)48-34-41(31-33-53(48)55)57-51-20-10-6-16-45(51)47-32-30-42(35-54(47)57)56-49-18-8-4-14-43(49)44-15-5-9-19-50(44)56/h1-4,6-8,10-14,16-18,20-35H,5,9,15,19H2. The monoisotopic (exact) mass is 729 g/mol. The van der Waals surface area contributed by atoms with Gasteiger partial charge in [-0.15, -0.1) is 0 Å². The molecule has 0 N–H and O–H groups in total. The number of hydrogen-bond acceptors (Lipinski definition) is 0. The second-order valence-electron chi connectivity index (χ2n) is 15.6. The summed E-state index contributed by atoms with van der Waals surface area (Å²) in [6, 6.07) is 69.3. The third-order valence-electron chi connectivity index (χ3n) is 12.5. The zero-order chi connectivity index (χ0) is 37.5. The van der Waals surface area contributed by atoms with E-state index >= 15 is 0 Å². The van der Waals surface area contributed by atoms with Crippen molar-refractivity contribution in [2.75, 3.05) is 0 Å². The third kappa shape index (κ3) is 4.98. The average Bonchev–Trinajstić information content (AvgIpc) is 3.92. The van der Waals surface area contributed by atoms with Crippen LogP contribution in [0.3, 0.4) is 0 Å². The highest BCUT2D eigenvalue weighted by Crippen LogP contribution is 2.40. The predicted octanol–water partition coefficient (Wildman–Crippen LogP) is 14.0. The van der Waals surface area contributed by atoms with Crippen LogP contribution in [0.1, 0.15) is 24.1 Å². The summed E-state index contributed by atoms with van der Waals surface area (Å²) in [7, 11) is 0. The quantitative estimate of drug-likeness (QED) is 0.168. The second kappa shape index (κ2) is 12.7. The van der Waals surface area contributed by atoms with Crippen molar-refractivity contribution in [3.63, 3.8) is 0 Å². The van der Waals surface area contributed by atoms with E-state index in [1.807, 2.05) is 0 Å². The van der Waals surface area contributed by atoms with Gasteiger partial charge in [-0.2, -0.15) is 0 Å². The maximum Gasteiger partial charge on any atom is 0.0561 e. The molecule has 0 spiro atoms. The first-order valence-electron chi connectivity index (χ1n) is 20.2. The minimum atomic E-state index is 1.12. The van der Waals surface area contributed by atoms with Gasteiger partial charge in [0.2, 0.25) is 0 Å². The van der Waals surface area contributed by atoms with Crippen LogP contribution < -0.4 is 0 Å². The zero-order valence-corrected chi connectivity index (χ0v) is 31.6. The number of aryl methyl sites for hydroxylation is 1. The molecule has 0 saturated heterocycles. The fourth-order valence-corrected chi connectivity index (χ4v) is 9.83. The van der Waals surface area contributed by atoms with E-state index in [0.717, 1.165) is 18.5 Å². The minimum Gasteiger partial charge on any atom is -0.313 e. The van der Waals surface area contributed by atoms with Crippen LogP contribution in [0.25, 0.3) is 93.8 Å². The predicted molar refractivity (Wildman–Crippen MR) is 239 cm³/mol. The summed E-state index contributed by atoms with van der Waals surface area (Å²) >= 11 is 0. The number of aromatic nitrogens is 3.